The lowest BCUT2D eigenvalue weighted by molar-refractivity contribution is 0.564. The predicted octanol–water partition coefficient (Wildman–Crippen LogP) is 5.75. The van der Waals surface area contributed by atoms with Crippen molar-refractivity contribution < 1.29 is 4.39 Å². The number of rotatable bonds is 9. The zero-order valence-electron chi connectivity index (χ0n) is 19.1. The maximum absolute atomic E-state index is 13.4. The molecule has 9 heteroatoms. The summed E-state index contributed by atoms with van der Waals surface area (Å²) < 4.78 is 17.8. The maximum atomic E-state index is 13.4. The number of benzene rings is 2. The smallest absolute Gasteiger partial charge is 0.202 e. The summed E-state index contributed by atoms with van der Waals surface area (Å²) >= 11 is 11.9. The van der Waals surface area contributed by atoms with Crippen LogP contribution in [0.1, 0.15) is 12.2 Å². The molecule has 2 heterocycles. The summed E-state index contributed by atoms with van der Waals surface area (Å²) in [4.78, 5) is 8.28. The van der Waals surface area contributed by atoms with Crippen LogP contribution in [0.15, 0.2) is 73.1 Å². The highest BCUT2D eigenvalue weighted by Crippen LogP contribution is 2.20. The number of anilines is 2. The Kier molecular flexibility index (Phi) is 7.59. The number of nitrogens with zero attached hydrogens (tertiary/aromatic N) is 6. The zero-order valence-corrected chi connectivity index (χ0v) is 20.7. The number of aromatic nitrogens is 4. The maximum Gasteiger partial charge on any atom is 0.202 e. The normalized spacial score (nSPS) is 10.9. The van der Waals surface area contributed by atoms with Crippen molar-refractivity contribution >= 4 is 35.2 Å². The Balaban J connectivity index is 1.56. The van der Waals surface area contributed by atoms with Crippen molar-refractivity contribution in [3.8, 4) is 5.69 Å². The van der Waals surface area contributed by atoms with E-state index in [4.69, 9.17) is 28.9 Å². The lowest BCUT2D eigenvalue weighted by atomic mass is 10.3. The van der Waals surface area contributed by atoms with E-state index < -0.39 is 0 Å². The summed E-state index contributed by atoms with van der Waals surface area (Å²) in [7, 11) is 4.01. The van der Waals surface area contributed by atoms with Crippen LogP contribution in [0.25, 0.3) is 5.69 Å². The van der Waals surface area contributed by atoms with Gasteiger partial charge in [-0.2, -0.15) is 5.10 Å². The zero-order chi connectivity index (χ0) is 24.1. The molecule has 2 aromatic carbocycles. The first-order valence-corrected chi connectivity index (χ1v) is 11.7. The quantitative estimate of drug-likeness (QED) is 0.276. The van der Waals surface area contributed by atoms with Crippen LogP contribution in [-0.4, -0.2) is 40.0 Å². The molecule has 0 saturated carbocycles. The Bertz CT molecular complexity index is 1270. The van der Waals surface area contributed by atoms with Gasteiger partial charge in [0, 0.05) is 61.7 Å². The molecule has 4 aromatic rings. The summed E-state index contributed by atoms with van der Waals surface area (Å²) in [6, 6.07) is 17.9. The molecule has 0 aliphatic heterocycles. The molecule has 0 unspecified atom stereocenters. The molecular weight excluding hydrogens is 471 g/mol. The summed E-state index contributed by atoms with van der Waals surface area (Å²) in [5, 5.41) is 5.52. The average molecular weight is 497 g/mol. The second-order valence-corrected chi connectivity index (χ2v) is 8.85. The third-order valence-corrected chi connectivity index (χ3v) is 6.25. The molecular formula is C25H26ClFN6S. The second kappa shape index (κ2) is 10.8. The monoisotopic (exact) mass is 496 g/mol. The fourth-order valence-electron chi connectivity index (χ4n) is 3.73. The van der Waals surface area contributed by atoms with Gasteiger partial charge < -0.3 is 9.80 Å². The molecule has 0 aliphatic carbocycles. The van der Waals surface area contributed by atoms with E-state index in [1.807, 2.05) is 57.6 Å². The highest BCUT2D eigenvalue weighted by molar-refractivity contribution is 7.71. The van der Waals surface area contributed by atoms with Gasteiger partial charge in [0.1, 0.15) is 5.82 Å². The number of halogens is 2. The lowest BCUT2D eigenvalue weighted by Crippen LogP contribution is -2.20. The molecule has 0 atom stereocenters. The van der Waals surface area contributed by atoms with Gasteiger partial charge in [-0.05, 0) is 79.3 Å². The van der Waals surface area contributed by atoms with Gasteiger partial charge in [0.2, 0.25) is 4.77 Å². The SMILES string of the molecule is CN(CCCn1nc(CN(C)c2ccc(F)cc2)n(-c2ccc(Cl)cc2)c1=S)c1ccncc1. The highest BCUT2D eigenvalue weighted by Gasteiger charge is 2.15. The predicted molar refractivity (Wildman–Crippen MR) is 138 cm³/mol. The van der Waals surface area contributed by atoms with Crippen molar-refractivity contribution in [3.05, 3.63) is 94.5 Å². The molecule has 0 saturated heterocycles. The Hall–Kier alpha value is -3.23. The van der Waals surface area contributed by atoms with E-state index in [1.54, 1.807) is 24.5 Å². The fraction of sp³-hybridized carbons (Fsp3) is 0.240. The molecule has 0 bridgehead atoms. The van der Waals surface area contributed by atoms with Crippen LogP contribution in [0.3, 0.4) is 0 Å². The third-order valence-electron chi connectivity index (χ3n) is 5.60. The van der Waals surface area contributed by atoms with E-state index in [1.165, 1.54) is 12.1 Å². The van der Waals surface area contributed by atoms with E-state index in [9.17, 15) is 4.39 Å². The largest absolute Gasteiger partial charge is 0.374 e. The molecule has 6 nitrogen and oxygen atoms in total. The van der Waals surface area contributed by atoms with E-state index in [-0.39, 0.29) is 5.82 Å². The minimum absolute atomic E-state index is 0.262. The van der Waals surface area contributed by atoms with Crippen LogP contribution < -0.4 is 9.80 Å². The minimum atomic E-state index is -0.262. The Morgan fingerprint density at radius 2 is 1.56 bits per heavy atom. The van der Waals surface area contributed by atoms with Gasteiger partial charge in [-0.15, -0.1) is 0 Å². The van der Waals surface area contributed by atoms with E-state index in [0.29, 0.717) is 22.9 Å². The van der Waals surface area contributed by atoms with E-state index in [2.05, 4.69) is 16.9 Å². The van der Waals surface area contributed by atoms with Crippen molar-refractivity contribution in [1.29, 1.82) is 0 Å². The minimum Gasteiger partial charge on any atom is -0.374 e. The van der Waals surface area contributed by atoms with Gasteiger partial charge in [0.05, 0.1) is 6.54 Å². The van der Waals surface area contributed by atoms with Crippen LogP contribution in [-0.2, 0) is 13.1 Å². The number of hydrogen-bond acceptors (Lipinski definition) is 5. The third kappa shape index (κ3) is 5.63. The van der Waals surface area contributed by atoms with Crippen LogP contribution in [0.5, 0.6) is 0 Å². The average Bonchev–Trinajstić information content (AvgIpc) is 3.15. The van der Waals surface area contributed by atoms with Gasteiger partial charge >= 0.3 is 0 Å². The summed E-state index contributed by atoms with van der Waals surface area (Å²) in [5.41, 5.74) is 2.91. The highest BCUT2D eigenvalue weighted by atomic mass is 35.5. The van der Waals surface area contributed by atoms with Gasteiger partial charge in [0.15, 0.2) is 5.82 Å². The number of hydrogen-bond donors (Lipinski definition) is 0. The van der Waals surface area contributed by atoms with Crippen molar-refractivity contribution in [1.82, 2.24) is 19.3 Å². The summed E-state index contributed by atoms with van der Waals surface area (Å²) in [6.45, 7) is 2.04. The van der Waals surface area contributed by atoms with E-state index >= 15 is 0 Å². The van der Waals surface area contributed by atoms with E-state index in [0.717, 1.165) is 35.9 Å². The van der Waals surface area contributed by atoms with Crippen molar-refractivity contribution in [3.63, 3.8) is 0 Å². The topological polar surface area (TPSA) is 42.1 Å². The first kappa shape index (κ1) is 23.9. The van der Waals surface area contributed by atoms with Crippen LogP contribution in [0, 0.1) is 10.6 Å². The van der Waals surface area contributed by atoms with Crippen LogP contribution in [0.2, 0.25) is 5.02 Å². The van der Waals surface area contributed by atoms with Crippen LogP contribution in [0.4, 0.5) is 15.8 Å². The Morgan fingerprint density at radius 3 is 2.24 bits per heavy atom. The van der Waals surface area contributed by atoms with Crippen molar-refractivity contribution in [2.45, 2.75) is 19.5 Å². The van der Waals surface area contributed by atoms with Gasteiger partial charge in [0.25, 0.3) is 0 Å². The molecule has 0 fully saturated rings. The summed E-state index contributed by atoms with van der Waals surface area (Å²) in [5.74, 6) is 0.531. The Morgan fingerprint density at radius 1 is 0.912 bits per heavy atom. The summed E-state index contributed by atoms with van der Waals surface area (Å²) in [6.07, 6.45) is 4.46. The molecule has 0 N–H and O–H groups in total. The van der Waals surface area contributed by atoms with Crippen molar-refractivity contribution in [2.75, 3.05) is 30.4 Å². The molecule has 0 spiro atoms. The number of pyridine rings is 1. The van der Waals surface area contributed by atoms with Gasteiger partial charge in [-0.3, -0.25) is 9.55 Å². The van der Waals surface area contributed by atoms with Gasteiger partial charge in [-0.25, -0.2) is 9.07 Å². The molecule has 0 radical (unpaired) electrons. The number of aryl methyl sites for hydroxylation is 1. The molecule has 34 heavy (non-hydrogen) atoms. The molecule has 2 aromatic heterocycles. The first-order valence-electron chi connectivity index (χ1n) is 10.9. The van der Waals surface area contributed by atoms with Crippen LogP contribution >= 0.6 is 23.8 Å². The standard InChI is InChI=1S/C25H26ClFN6S/c1-30(22-12-14-28-15-13-22)16-3-17-32-25(34)33(23-8-4-19(26)5-9-23)24(29-32)18-31(2)21-10-6-20(27)7-11-21/h4-15H,3,16-18H2,1-2H3. The molecule has 176 valence electrons. The second-order valence-electron chi connectivity index (χ2n) is 8.05. The lowest BCUT2D eigenvalue weighted by Gasteiger charge is -2.19. The van der Waals surface area contributed by atoms with Gasteiger partial charge in [-0.1, -0.05) is 11.6 Å². The van der Waals surface area contributed by atoms with Crippen molar-refractivity contribution in [2.24, 2.45) is 0 Å². The first-order chi connectivity index (χ1) is 16.4. The molecule has 0 amide bonds. The fourth-order valence-corrected chi connectivity index (χ4v) is 4.20. The Labute approximate surface area is 208 Å². The molecule has 4 rings (SSSR count). The molecule has 0 aliphatic rings.